The van der Waals surface area contributed by atoms with Crippen molar-refractivity contribution >= 4 is 11.9 Å². The molecule has 4 N–H and O–H groups in total. The van der Waals surface area contributed by atoms with Crippen molar-refractivity contribution in [3.63, 3.8) is 0 Å². The molecular weight excluding hydrogens is 212 g/mol. The Morgan fingerprint density at radius 3 is 1.50 bits per heavy atom. The van der Waals surface area contributed by atoms with Gasteiger partial charge in [0.15, 0.2) is 0 Å². The highest BCUT2D eigenvalue weighted by atomic mass is 16.7. The van der Waals surface area contributed by atoms with Gasteiger partial charge in [0.1, 0.15) is 0 Å². The number of hydrogen-bond acceptors (Lipinski definition) is 6. The van der Waals surface area contributed by atoms with Crippen molar-refractivity contribution in [3.8, 4) is 0 Å². The molecule has 0 saturated carbocycles. The number of carbonyl (C=O) groups excluding carboxylic acids is 2. The van der Waals surface area contributed by atoms with E-state index in [1.165, 1.54) is 12.1 Å². The summed E-state index contributed by atoms with van der Waals surface area (Å²) in [5.74, 6) is 8.25. The summed E-state index contributed by atoms with van der Waals surface area (Å²) in [5.41, 5.74) is 1.79. The highest BCUT2D eigenvalue weighted by Gasteiger charge is 2.17. The maximum Gasteiger partial charge on any atom is 0.356 e. The van der Waals surface area contributed by atoms with Crippen LogP contribution in [0.1, 0.15) is 31.8 Å². The first-order valence-electron chi connectivity index (χ1n) is 4.45. The van der Waals surface area contributed by atoms with Crippen LogP contribution in [0.15, 0.2) is 12.1 Å². The second kappa shape index (κ2) is 4.73. The zero-order chi connectivity index (χ0) is 12.3. The van der Waals surface area contributed by atoms with E-state index in [9.17, 15) is 9.59 Å². The molecule has 0 bridgehead atoms. The monoisotopic (exact) mass is 224 g/mol. The number of nitrogens with two attached hydrogens (primary N) is 2. The van der Waals surface area contributed by atoms with Crippen molar-refractivity contribution in [2.45, 2.75) is 13.8 Å². The Morgan fingerprint density at radius 2 is 1.25 bits per heavy atom. The lowest BCUT2D eigenvalue weighted by Crippen LogP contribution is -2.16. The summed E-state index contributed by atoms with van der Waals surface area (Å²) in [6, 6.07) is 2.87. The quantitative estimate of drug-likeness (QED) is 0.703. The van der Waals surface area contributed by atoms with Gasteiger partial charge < -0.3 is 9.68 Å². The SMILES string of the molecule is Cc1c(C(=O)ON)ccc(C(=O)ON)c1C. The third-order valence-electron chi connectivity index (χ3n) is 2.44. The van der Waals surface area contributed by atoms with E-state index in [-0.39, 0.29) is 0 Å². The molecule has 0 aliphatic rings. The maximum atomic E-state index is 11.2. The third-order valence-corrected chi connectivity index (χ3v) is 2.44. The zero-order valence-corrected chi connectivity index (χ0v) is 8.94. The van der Waals surface area contributed by atoms with E-state index in [4.69, 9.17) is 11.8 Å². The Labute approximate surface area is 92.0 Å². The number of hydrogen-bond donors (Lipinski definition) is 2. The minimum absolute atomic E-state index is 0.300. The van der Waals surface area contributed by atoms with Gasteiger partial charge in [0.25, 0.3) is 0 Å². The van der Waals surface area contributed by atoms with Gasteiger partial charge in [-0.25, -0.2) is 9.59 Å². The smallest absolute Gasteiger partial charge is 0.356 e. The number of rotatable bonds is 2. The summed E-state index contributed by atoms with van der Waals surface area (Å²) >= 11 is 0. The van der Waals surface area contributed by atoms with Gasteiger partial charge in [0, 0.05) is 0 Å². The fourth-order valence-electron chi connectivity index (χ4n) is 1.39. The molecule has 6 heteroatoms. The third kappa shape index (κ3) is 2.02. The molecule has 0 radical (unpaired) electrons. The highest BCUT2D eigenvalue weighted by Crippen LogP contribution is 2.18. The molecule has 0 unspecified atom stereocenters. The molecule has 0 heterocycles. The van der Waals surface area contributed by atoms with Crippen LogP contribution in [-0.2, 0) is 9.68 Å². The lowest BCUT2D eigenvalue weighted by Gasteiger charge is -2.09. The first-order valence-corrected chi connectivity index (χ1v) is 4.45. The van der Waals surface area contributed by atoms with E-state index < -0.39 is 11.9 Å². The van der Waals surface area contributed by atoms with E-state index in [0.29, 0.717) is 22.3 Å². The fraction of sp³-hybridized carbons (Fsp3) is 0.200. The summed E-state index contributed by atoms with van der Waals surface area (Å²) in [6.45, 7) is 3.35. The minimum atomic E-state index is -0.659. The van der Waals surface area contributed by atoms with Gasteiger partial charge in [-0.3, -0.25) is 0 Å². The molecule has 0 amide bonds. The van der Waals surface area contributed by atoms with Crippen LogP contribution in [0.5, 0.6) is 0 Å². The van der Waals surface area contributed by atoms with E-state index in [1.807, 2.05) is 0 Å². The summed E-state index contributed by atoms with van der Waals surface area (Å²) in [6.07, 6.45) is 0. The van der Waals surface area contributed by atoms with Crippen molar-refractivity contribution in [3.05, 3.63) is 34.4 Å². The molecule has 86 valence electrons. The molecule has 16 heavy (non-hydrogen) atoms. The van der Waals surface area contributed by atoms with Crippen LogP contribution in [0.4, 0.5) is 0 Å². The Bertz CT molecular complexity index is 402. The van der Waals surface area contributed by atoms with Crippen LogP contribution in [-0.4, -0.2) is 11.9 Å². The molecular formula is C10H12N2O4. The summed E-state index contributed by atoms with van der Waals surface area (Å²) in [7, 11) is 0. The first kappa shape index (κ1) is 12.2. The first-order chi connectivity index (χ1) is 7.52. The average molecular weight is 224 g/mol. The average Bonchev–Trinajstić information content (AvgIpc) is 2.30. The van der Waals surface area contributed by atoms with E-state index in [2.05, 4.69) is 9.68 Å². The molecule has 0 atom stereocenters. The predicted molar refractivity (Wildman–Crippen MR) is 55.1 cm³/mol. The van der Waals surface area contributed by atoms with Crippen LogP contribution < -0.4 is 11.8 Å². The van der Waals surface area contributed by atoms with Crippen LogP contribution in [0.2, 0.25) is 0 Å². The van der Waals surface area contributed by atoms with Crippen LogP contribution in [0, 0.1) is 13.8 Å². The van der Waals surface area contributed by atoms with Gasteiger partial charge >= 0.3 is 11.9 Å². The van der Waals surface area contributed by atoms with Crippen molar-refractivity contribution in [1.29, 1.82) is 0 Å². The second-order valence-electron chi connectivity index (χ2n) is 3.22. The fourth-order valence-corrected chi connectivity index (χ4v) is 1.39. The molecule has 1 aromatic rings. The molecule has 1 aromatic carbocycles. The van der Waals surface area contributed by atoms with Crippen LogP contribution in [0.3, 0.4) is 0 Å². The lowest BCUT2D eigenvalue weighted by molar-refractivity contribution is 0.0488. The minimum Gasteiger partial charge on any atom is -0.370 e. The van der Waals surface area contributed by atoms with Crippen molar-refractivity contribution in [2.24, 2.45) is 11.8 Å². The molecule has 0 aliphatic heterocycles. The Morgan fingerprint density at radius 1 is 0.938 bits per heavy atom. The van der Waals surface area contributed by atoms with Gasteiger partial charge in [-0.15, -0.1) is 0 Å². The maximum absolute atomic E-state index is 11.2. The van der Waals surface area contributed by atoms with Gasteiger partial charge in [0.05, 0.1) is 11.1 Å². The van der Waals surface area contributed by atoms with Crippen molar-refractivity contribution in [1.82, 2.24) is 0 Å². The lowest BCUT2D eigenvalue weighted by atomic mass is 9.98. The largest absolute Gasteiger partial charge is 0.370 e. The summed E-state index contributed by atoms with van der Waals surface area (Å²) in [5, 5.41) is 0. The molecule has 0 spiro atoms. The van der Waals surface area contributed by atoms with Crippen LogP contribution >= 0.6 is 0 Å². The molecule has 0 aromatic heterocycles. The van der Waals surface area contributed by atoms with Gasteiger partial charge in [0.2, 0.25) is 0 Å². The molecule has 6 nitrogen and oxygen atoms in total. The Kier molecular flexibility index (Phi) is 3.60. The highest BCUT2D eigenvalue weighted by molar-refractivity contribution is 5.96. The predicted octanol–water partition coefficient (Wildman–Crippen LogP) is 0.364. The zero-order valence-electron chi connectivity index (χ0n) is 8.94. The summed E-state index contributed by atoms with van der Waals surface area (Å²) < 4.78 is 0. The van der Waals surface area contributed by atoms with E-state index in [1.54, 1.807) is 13.8 Å². The van der Waals surface area contributed by atoms with Gasteiger partial charge in [-0.05, 0) is 37.1 Å². The Hall–Kier alpha value is -1.92. The number of carbonyl (C=O) groups is 2. The Balaban J connectivity index is 3.28. The topological polar surface area (TPSA) is 105 Å². The normalized spacial score (nSPS) is 9.75. The van der Waals surface area contributed by atoms with E-state index >= 15 is 0 Å². The molecule has 1 rings (SSSR count). The standard InChI is InChI=1S/C10H12N2O4/c1-5-6(2)8(10(14)16-12)4-3-7(5)9(13)15-11/h3-4H,11-12H2,1-2H3. The van der Waals surface area contributed by atoms with Gasteiger partial charge in [-0.2, -0.15) is 11.8 Å². The molecule has 0 fully saturated rings. The molecule has 0 saturated heterocycles. The van der Waals surface area contributed by atoms with Crippen molar-refractivity contribution < 1.29 is 19.3 Å². The number of benzene rings is 1. The summed E-state index contributed by atoms with van der Waals surface area (Å²) in [4.78, 5) is 30.7. The van der Waals surface area contributed by atoms with Crippen LogP contribution in [0.25, 0.3) is 0 Å². The second-order valence-corrected chi connectivity index (χ2v) is 3.22. The molecule has 0 aliphatic carbocycles. The van der Waals surface area contributed by atoms with Crippen molar-refractivity contribution in [2.75, 3.05) is 0 Å². The van der Waals surface area contributed by atoms with E-state index in [0.717, 1.165) is 0 Å². The van der Waals surface area contributed by atoms with Gasteiger partial charge in [-0.1, -0.05) is 0 Å².